The van der Waals surface area contributed by atoms with Crippen molar-refractivity contribution in [3.63, 3.8) is 0 Å². The van der Waals surface area contributed by atoms with Crippen LogP contribution in [0.2, 0.25) is 0 Å². The van der Waals surface area contributed by atoms with Crippen molar-refractivity contribution < 1.29 is 9.59 Å². The van der Waals surface area contributed by atoms with Crippen LogP contribution >= 0.6 is 22.7 Å². The first-order valence-corrected chi connectivity index (χ1v) is 7.84. The minimum atomic E-state index is -0.604. The predicted octanol–water partition coefficient (Wildman–Crippen LogP) is 1.40. The molecule has 20 heavy (non-hydrogen) atoms. The summed E-state index contributed by atoms with van der Waals surface area (Å²) in [6.45, 7) is 3.60. The maximum Gasteiger partial charge on any atom is 0.245 e. The summed E-state index contributed by atoms with van der Waals surface area (Å²) in [4.78, 5) is 27.6. The molecule has 0 fully saturated rings. The molecule has 0 aliphatic heterocycles. The topological polar surface area (TPSA) is 97.1 Å². The number of rotatable bonds is 5. The Morgan fingerprint density at radius 3 is 2.85 bits per heavy atom. The van der Waals surface area contributed by atoms with Crippen molar-refractivity contribution in [3.05, 3.63) is 11.4 Å². The van der Waals surface area contributed by atoms with Gasteiger partial charge in [-0.1, -0.05) is 25.2 Å². The standard InChI is InChI=1S/C12H16N4O2S2/c1-6(2)9(13)10(18)14-5-8(17)16-12-15-7-3-4-19-11(7)20-12/h3-4,6,9H,5,13H2,1-2H3,(H,14,18)(H,15,16,17)/t9-/m0/s1. The lowest BCUT2D eigenvalue weighted by Crippen LogP contribution is -2.46. The molecule has 4 N–H and O–H groups in total. The molecule has 6 nitrogen and oxygen atoms in total. The zero-order valence-electron chi connectivity index (χ0n) is 11.2. The Bertz CT molecular complexity index is 591. The van der Waals surface area contributed by atoms with Crippen molar-refractivity contribution in [1.29, 1.82) is 0 Å². The van der Waals surface area contributed by atoms with Crippen molar-refractivity contribution in [1.82, 2.24) is 10.3 Å². The normalized spacial score (nSPS) is 12.6. The van der Waals surface area contributed by atoms with Crippen LogP contribution in [-0.4, -0.2) is 29.4 Å². The summed E-state index contributed by atoms with van der Waals surface area (Å²) in [7, 11) is 0. The van der Waals surface area contributed by atoms with Crippen molar-refractivity contribution in [2.45, 2.75) is 19.9 Å². The van der Waals surface area contributed by atoms with Gasteiger partial charge in [-0.05, 0) is 17.4 Å². The van der Waals surface area contributed by atoms with Crippen molar-refractivity contribution in [2.75, 3.05) is 11.9 Å². The molecule has 0 unspecified atom stereocenters. The molecule has 2 amide bonds. The van der Waals surface area contributed by atoms with E-state index in [0.29, 0.717) is 5.13 Å². The number of carbonyl (C=O) groups is 2. The van der Waals surface area contributed by atoms with E-state index in [1.54, 1.807) is 11.3 Å². The molecule has 2 rings (SSSR count). The fourth-order valence-corrected chi connectivity index (χ4v) is 3.33. The van der Waals surface area contributed by atoms with Gasteiger partial charge in [0.15, 0.2) is 5.13 Å². The first-order valence-electron chi connectivity index (χ1n) is 6.14. The van der Waals surface area contributed by atoms with E-state index in [1.165, 1.54) is 11.3 Å². The second-order valence-corrected chi connectivity index (χ2v) is 6.82. The Morgan fingerprint density at radius 1 is 1.45 bits per heavy atom. The van der Waals surface area contributed by atoms with Crippen molar-refractivity contribution >= 4 is 49.1 Å². The number of hydrogen-bond acceptors (Lipinski definition) is 6. The van der Waals surface area contributed by atoms with E-state index in [0.717, 1.165) is 9.53 Å². The van der Waals surface area contributed by atoms with Gasteiger partial charge in [-0.3, -0.25) is 9.59 Å². The van der Waals surface area contributed by atoms with Crippen LogP contribution in [0.25, 0.3) is 9.53 Å². The van der Waals surface area contributed by atoms with Crippen LogP contribution in [-0.2, 0) is 9.59 Å². The average Bonchev–Trinajstić information content (AvgIpc) is 2.95. The van der Waals surface area contributed by atoms with Gasteiger partial charge in [-0.15, -0.1) is 11.3 Å². The molecule has 2 aromatic heterocycles. The highest BCUT2D eigenvalue weighted by Gasteiger charge is 2.18. The molecule has 0 aliphatic carbocycles. The number of aromatic nitrogens is 1. The third kappa shape index (κ3) is 3.53. The van der Waals surface area contributed by atoms with E-state index < -0.39 is 6.04 Å². The Labute approximate surface area is 124 Å². The third-order valence-corrected chi connectivity index (χ3v) is 4.73. The molecule has 0 saturated heterocycles. The first-order chi connectivity index (χ1) is 9.47. The van der Waals surface area contributed by atoms with Crippen LogP contribution in [0.15, 0.2) is 11.4 Å². The van der Waals surface area contributed by atoms with Gasteiger partial charge in [0.2, 0.25) is 11.8 Å². The zero-order valence-corrected chi connectivity index (χ0v) is 12.8. The number of hydrogen-bond donors (Lipinski definition) is 3. The highest BCUT2D eigenvalue weighted by molar-refractivity contribution is 7.39. The summed E-state index contributed by atoms with van der Waals surface area (Å²) >= 11 is 2.99. The number of thiophene rings is 1. The lowest BCUT2D eigenvalue weighted by atomic mass is 10.1. The van der Waals surface area contributed by atoms with E-state index in [1.807, 2.05) is 25.3 Å². The molecule has 0 radical (unpaired) electrons. The average molecular weight is 312 g/mol. The van der Waals surface area contributed by atoms with Gasteiger partial charge >= 0.3 is 0 Å². The molecule has 8 heteroatoms. The van der Waals surface area contributed by atoms with E-state index in [9.17, 15) is 9.59 Å². The van der Waals surface area contributed by atoms with Crippen LogP contribution in [0.3, 0.4) is 0 Å². The molecule has 0 aliphatic rings. The Morgan fingerprint density at radius 2 is 2.20 bits per heavy atom. The molecule has 0 saturated carbocycles. The van der Waals surface area contributed by atoms with Gasteiger partial charge in [0, 0.05) is 0 Å². The van der Waals surface area contributed by atoms with E-state index in [2.05, 4.69) is 15.6 Å². The predicted molar refractivity (Wildman–Crippen MR) is 81.9 cm³/mol. The summed E-state index contributed by atoms with van der Waals surface area (Å²) < 4.78 is 1.06. The number of fused-ring (bicyclic) bond motifs is 1. The molecule has 2 heterocycles. The number of nitrogens with one attached hydrogen (secondary N) is 2. The van der Waals surface area contributed by atoms with Gasteiger partial charge in [-0.2, -0.15) is 0 Å². The summed E-state index contributed by atoms with van der Waals surface area (Å²) in [5, 5.41) is 7.67. The fraction of sp³-hybridized carbons (Fsp3) is 0.417. The Kier molecular flexibility index (Phi) is 4.69. The Hall–Kier alpha value is -1.51. The molecule has 0 aromatic carbocycles. The van der Waals surface area contributed by atoms with E-state index >= 15 is 0 Å². The first kappa shape index (κ1) is 14.9. The van der Waals surface area contributed by atoms with E-state index in [4.69, 9.17) is 5.73 Å². The second-order valence-electron chi connectivity index (χ2n) is 4.65. The highest BCUT2D eigenvalue weighted by atomic mass is 32.2. The minimum Gasteiger partial charge on any atom is -0.346 e. The number of thiazole rings is 1. The highest BCUT2D eigenvalue weighted by Crippen LogP contribution is 2.30. The largest absolute Gasteiger partial charge is 0.346 e. The third-order valence-electron chi connectivity index (χ3n) is 2.71. The molecular formula is C12H16N4O2S2. The SMILES string of the molecule is CC(C)[C@H](N)C(=O)NCC(=O)Nc1nc2ccsc2s1. The van der Waals surface area contributed by atoms with Crippen LogP contribution in [0.1, 0.15) is 13.8 Å². The summed E-state index contributed by atoms with van der Waals surface area (Å²) in [5.41, 5.74) is 6.56. The van der Waals surface area contributed by atoms with Crippen LogP contribution in [0.5, 0.6) is 0 Å². The van der Waals surface area contributed by atoms with Gasteiger partial charge in [0.05, 0.1) is 18.1 Å². The molecular weight excluding hydrogens is 296 g/mol. The minimum absolute atomic E-state index is 0.0313. The number of anilines is 1. The Balaban J connectivity index is 1.84. The van der Waals surface area contributed by atoms with Crippen LogP contribution < -0.4 is 16.4 Å². The lowest BCUT2D eigenvalue weighted by molar-refractivity contribution is -0.125. The number of nitrogens with two attached hydrogens (primary N) is 1. The van der Waals surface area contributed by atoms with Gasteiger partial charge in [0.25, 0.3) is 0 Å². The lowest BCUT2D eigenvalue weighted by Gasteiger charge is -2.14. The van der Waals surface area contributed by atoms with Crippen LogP contribution in [0, 0.1) is 5.92 Å². The van der Waals surface area contributed by atoms with Crippen LogP contribution in [0.4, 0.5) is 5.13 Å². The number of amides is 2. The summed E-state index contributed by atoms with van der Waals surface area (Å²) in [6, 6.07) is 1.29. The second kappa shape index (κ2) is 6.29. The zero-order chi connectivity index (χ0) is 14.7. The molecule has 2 aromatic rings. The fourth-order valence-electron chi connectivity index (χ4n) is 1.47. The van der Waals surface area contributed by atoms with Crippen molar-refractivity contribution in [3.8, 4) is 0 Å². The van der Waals surface area contributed by atoms with Crippen molar-refractivity contribution in [2.24, 2.45) is 11.7 Å². The monoisotopic (exact) mass is 312 g/mol. The maximum atomic E-state index is 11.7. The molecule has 108 valence electrons. The molecule has 0 spiro atoms. The van der Waals surface area contributed by atoms with E-state index in [-0.39, 0.29) is 24.3 Å². The number of nitrogens with zero attached hydrogens (tertiary/aromatic N) is 1. The van der Waals surface area contributed by atoms with Gasteiger partial charge in [-0.25, -0.2) is 4.98 Å². The van der Waals surface area contributed by atoms with Gasteiger partial charge < -0.3 is 16.4 Å². The number of carbonyl (C=O) groups excluding carboxylic acids is 2. The maximum absolute atomic E-state index is 11.7. The summed E-state index contributed by atoms with van der Waals surface area (Å²) in [5.74, 6) is -0.602. The quantitative estimate of drug-likeness (QED) is 0.777. The molecule has 1 atom stereocenters. The molecule has 0 bridgehead atoms. The summed E-state index contributed by atoms with van der Waals surface area (Å²) in [6.07, 6.45) is 0. The smallest absolute Gasteiger partial charge is 0.245 e. The van der Waals surface area contributed by atoms with Gasteiger partial charge in [0.1, 0.15) is 4.01 Å².